The number of nitrogens with zero attached hydrogens (tertiary/aromatic N) is 1. The van der Waals surface area contributed by atoms with Crippen LogP contribution in [0.1, 0.15) is 5.56 Å². The molecule has 0 aliphatic rings. The van der Waals surface area contributed by atoms with Gasteiger partial charge in [0.1, 0.15) is 12.4 Å². The monoisotopic (exact) mass is 261 g/mol. The van der Waals surface area contributed by atoms with Gasteiger partial charge >= 0.3 is 0 Å². The number of non-ortho nitro benzene ring substituents is 1. The second-order valence-corrected chi connectivity index (χ2v) is 4.17. The van der Waals surface area contributed by atoms with E-state index in [2.05, 4.69) is 12.6 Å². The summed E-state index contributed by atoms with van der Waals surface area (Å²) < 4.78 is 5.53. The third-order valence-electron chi connectivity index (χ3n) is 2.39. The molecule has 5 heteroatoms. The van der Waals surface area contributed by atoms with Crippen LogP contribution in [-0.2, 0) is 6.61 Å². The molecule has 2 aromatic carbocycles. The maximum Gasteiger partial charge on any atom is 0.273 e. The molecular weight excluding hydrogens is 250 g/mol. The first kappa shape index (κ1) is 12.4. The average Bonchev–Trinajstić information content (AvgIpc) is 2.38. The Balaban J connectivity index is 2.14. The third-order valence-corrected chi connectivity index (χ3v) is 2.76. The summed E-state index contributed by atoms with van der Waals surface area (Å²) >= 11 is 4.21. The Kier molecular flexibility index (Phi) is 3.84. The summed E-state index contributed by atoms with van der Waals surface area (Å²) in [5, 5.41) is 10.7. The van der Waals surface area contributed by atoms with Crippen molar-refractivity contribution in [3.05, 3.63) is 64.2 Å². The van der Waals surface area contributed by atoms with Crippen LogP contribution < -0.4 is 4.74 Å². The first-order valence-electron chi connectivity index (χ1n) is 5.31. The highest BCUT2D eigenvalue weighted by Crippen LogP contribution is 2.28. The van der Waals surface area contributed by atoms with Crippen LogP contribution in [0, 0.1) is 10.1 Å². The van der Waals surface area contributed by atoms with Crippen molar-refractivity contribution in [1.82, 2.24) is 0 Å². The minimum absolute atomic E-state index is 0.00383. The van der Waals surface area contributed by atoms with E-state index >= 15 is 0 Å². The number of thiol groups is 1. The minimum Gasteiger partial charge on any atom is -0.487 e. The van der Waals surface area contributed by atoms with Gasteiger partial charge in [0.05, 0.1) is 11.0 Å². The van der Waals surface area contributed by atoms with Gasteiger partial charge in [0, 0.05) is 11.0 Å². The van der Waals surface area contributed by atoms with E-state index < -0.39 is 4.92 Å². The maximum absolute atomic E-state index is 10.7. The van der Waals surface area contributed by atoms with Crippen LogP contribution in [0.15, 0.2) is 53.4 Å². The lowest BCUT2D eigenvalue weighted by Crippen LogP contribution is -1.97. The van der Waals surface area contributed by atoms with E-state index in [-0.39, 0.29) is 5.69 Å². The average molecular weight is 261 g/mol. The molecule has 2 aromatic rings. The molecule has 0 fully saturated rings. The van der Waals surface area contributed by atoms with Crippen molar-refractivity contribution >= 4 is 18.3 Å². The Bertz CT molecular complexity index is 557. The Morgan fingerprint density at radius 1 is 1.17 bits per heavy atom. The fourth-order valence-corrected chi connectivity index (χ4v) is 1.67. The van der Waals surface area contributed by atoms with Gasteiger partial charge < -0.3 is 4.74 Å². The molecule has 0 N–H and O–H groups in total. The second-order valence-electron chi connectivity index (χ2n) is 3.68. The molecule has 4 nitrogen and oxygen atoms in total. The van der Waals surface area contributed by atoms with Crippen LogP contribution in [0.4, 0.5) is 5.69 Å². The standard InChI is InChI=1S/C13H11NO3S/c15-14(16)11-6-7-13(18)12(8-11)17-9-10-4-2-1-3-5-10/h1-8,18H,9H2. The Morgan fingerprint density at radius 2 is 1.89 bits per heavy atom. The number of ether oxygens (including phenoxy) is 1. The largest absolute Gasteiger partial charge is 0.487 e. The van der Waals surface area contributed by atoms with Gasteiger partial charge in [-0.2, -0.15) is 0 Å². The first-order valence-corrected chi connectivity index (χ1v) is 5.75. The van der Waals surface area contributed by atoms with Gasteiger partial charge in [-0.1, -0.05) is 30.3 Å². The van der Waals surface area contributed by atoms with E-state index in [0.717, 1.165) is 5.56 Å². The summed E-state index contributed by atoms with van der Waals surface area (Å²) in [6, 6.07) is 13.9. The summed E-state index contributed by atoms with van der Waals surface area (Å²) in [7, 11) is 0. The minimum atomic E-state index is -0.456. The highest BCUT2D eigenvalue weighted by molar-refractivity contribution is 7.80. The zero-order valence-electron chi connectivity index (χ0n) is 9.45. The van der Waals surface area contributed by atoms with Gasteiger partial charge in [-0.05, 0) is 11.6 Å². The van der Waals surface area contributed by atoms with Crippen molar-refractivity contribution < 1.29 is 9.66 Å². The first-order chi connectivity index (χ1) is 8.66. The van der Waals surface area contributed by atoms with Crippen molar-refractivity contribution in [1.29, 1.82) is 0 Å². The topological polar surface area (TPSA) is 52.4 Å². The number of hydrogen-bond donors (Lipinski definition) is 1. The van der Waals surface area contributed by atoms with Gasteiger partial charge in [0.2, 0.25) is 0 Å². The van der Waals surface area contributed by atoms with Crippen LogP contribution in [0.5, 0.6) is 5.75 Å². The number of rotatable bonds is 4. The second kappa shape index (κ2) is 5.55. The van der Waals surface area contributed by atoms with E-state index in [0.29, 0.717) is 17.3 Å². The van der Waals surface area contributed by atoms with Gasteiger partial charge in [0.25, 0.3) is 5.69 Å². The summed E-state index contributed by atoms with van der Waals surface area (Å²) in [5.41, 5.74) is 0.993. The zero-order valence-corrected chi connectivity index (χ0v) is 10.3. The third kappa shape index (κ3) is 3.01. The predicted molar refractivity (Wildman–Crippen MR) is 71.1 cm³/mol. The van der Waals surface area contributed by atoms with E-state index in [1.54, 1.807) is 6.07 Å². The van der Waals surface area contributed by atoms with Crippen molar-refractivity contribution in [2.45, 2.75) is 11.5 Å². The molecule has 0 aliphatic heterocycles. The van der Waals surface area contributed by atoms with Gasteiger partial charge in [-0.25, -0.2) is 0 Å². The molecule has 2 rings (SSSR count). The molecule has 0 saturated carbocycles. The Morgan fingerprint density at radius 3 is 2.56 bits per heavy atom. The van der Waals surface area contributed by atoms with Crippen LogP contribution in [0.3, 0.4) is 0 Å². The van der Waals surface area contributed by atoms with E-state index in [4.69, 9.17) is 4.74 Å². The van der Waals surface area contributed by atoms with Crippen LogP contribution >= 0.6 is 12.6 Å². The van der Waals surface area contributed by atoms with E-state index in [9.17, 15) is 10.1 Å². The molecule has 0 spiro atoms. The molecular formula is C13H11NO3S. The Labute approximate surface area is 110 Å². The summed E-state index contributed by atoms with van der Waals surface area (Å²) in [5.74, 6) is 0.413. The lowest BCUT2D eigenvalue weighted by molar-refractivity contribution is -0.385. The van der Waals surface area contributed by atoms with Crippen molar-refractivity contribution in [3.8, 4) is 5.75 Å². The van der Waals surface area contributed by atoms with Crippen LogP contribution in [0.25, 0.3) is 0 Å². The van der Waals surface area contributed by atoms with Crippen LogP contribution in [0.2, 0.25) is 0 Å². The SMILES string of the molecule is O=[N+]([O-])c1ccc(S)c(OCc2ccccc2)c1. The summed E-state index contributed by atoms with van der Waals surface area (Å²) in [6.45, 7) is 0.357. The van der Waals surface area contributed by atoms with Gasteiger partial charge in [-0.15, -0.1) is 12.6 Å². The fraction of sp³-hybridized carbons (Fsp3) is 0.0769. The molecule has 0 saturated heterocycles. The maximum atomic E-state index is 10.7. The highest BCUT2D eigenvalue weighted by atomic mass is 32.1. The van der Waals surface area contributed by atoms with E-state index in [1.165, 1.54) is 12.1 Å². The molecule has 0 aromatic heterocycles. The number of nitro groups is 1. The smallest absolute Gasteiger partial charge is 0.273 e. The molecule has 0 amide bonds. The molecule has 0 radical (unpaired) electrons. The molecule has 0 heterocycles. The lowest BCUT2D eigenvalue weighted by Gasteiger charge is -2.08. The number of nitro benzene ring substituents is 1. The summed E-state index contributed by atoms with van der Waals surface area (Å²) in [4.78, 5) is 10.8. The Hall–Kier alpha value is -2.01. The normalized spacial score (nSPS) is 10.1. The fourth-order valence-electron chi connectivity index (χ4n) is 1.47. The molecule has 0 unspecified atom stereocenters. The van der Waals surface area contributed by atoms with Gasteiger partial charge in [0.15, 0.2) is 0 Å². The lowest BCUT2D eigenvalue weighted by atomic mass is 10.2. The zero-order chi connectivity index (χ0) is 13.0. The highest BCUT2D eigenvalue weighted by Gasteiger charge is 2.10. The van der Waals surface area contributed by atoms with Crippen LogP contribution in [-0.4, -0.2) is 4.92 Å². The predicted octanol–water partition coefficient (Wildman–Crippen LogP) is 3.46. The van der Waals surface area contributed by atoms with Crippen molar-refractivity contribution in [2.24, 2.45) is 0 Å². The van der Waals surface area contributed by atoms with Crippen molar-refractivity contribution in [2.75, 3.05) is 0 Å². The molecule has 0 aliphatic carbocycles. The molecule has 0 atom stereocenters. The van der Waals surface area contributed by atoms with Gasteiger partial charge in [-0.3, -0.25) is 10.1 Å². The molecule has 18 heavy (non-hydrogen) atoms. The number of benzene rings is 2. The number of hydrogen-bond acceptors (Lipinski definition) is 4. The molecule has 0 bridgehead atoms. The molecule has 92 valence electrons. The quantitative estimate of drug-likeness (QED) is 0.521. The summed E-state index contributed by atoms with van der Waals surface area (Å²) in [6.07, 6.45) is 0. The van der Waals surface area contributed by atoms with E-state index in [1.807, 2.05) is 30.3 Å². The van der Waals surface area contributed by atoms with Crippen molar-refractivity contribution in [3.63, 3.8) is 0 Å².